The fourth-order valence-corrected chi connectivity index (χ4v) is 1.90. The summed E-state index contributed by atoms with van der Waals surface area (Å²) in [6.45, 7) is 8.33. The van der Waals surface area contributed by atoms with Gasteiger partial charge in [-0.2, -0.15) is 0 Å². The van der Waals surface area contributed by atoms with Crippen molar-refractivity contribution in [2.45, 2.75) is 46.0 Å². The molecule has 0 atom stereocenters. The summed E-state index contributed by atoms with van der Waals surface area (Å²) in [6, 6.07) is 0. The highest BCUT2D eigenvalue weighted by Gasteiger charge is 2.03. The second kappa shape index (κ2) is 8.77. The lowest BCUT2D eigenvalue weighted by molar-refractivity contribution is 0.125. The van der Waals surface area contributed by atoms with Crippen LogP contribution in [-0.4, -0.2) is 26.3 Å². The number of ether oxygens (including phenoxy) is 1. The molecular weight excluding hydrogens is 198 g/mol. The molecule has 0 unspecified atom stereocenters. The van der Waals surface area contributed by atoms with E-state index in [0.717, 1.165) is 32.2 Å². The Morgan fingerprint density at radius 2 is 2.19 bits per heavy atom. The van der Waals surface area contributed by atoms with Crippen molar-refractivity contribution in [3.05, 3.63) is 11.6 Å². The first-order chi connectivity index (χ1) is 7.79. The quantitative estimate of drug-likeness (QED) is 0.481. The van der Waals surface area contributed by atoms with Crippen molar-refractivity contribution in [2.75, 3.05) is 26.3 Å². The Kier molecular flexibility index (Phi) is 7.52. The molecule has 0 aliphatic heterocycles. The van der Waals surface area contributed by atoms with Gasteiger partial charge in [0, 0.05) is 13.2 Å². The highest BCUT2D eigenvalue weighted by molar-refractivity contribution is 5.07. The van der Waals surface area contributed by atoms with E-state index in [4.69, 9.17) is 4.74 Å². The third-order valence-electron chi connectivity index (χ3n) is 3.02. The molecule has 1 N–H and O–H groups in total. The fraction of sp³-hybridized carbons (Fsp3) is 0.857. The van der Waals surface area contributed by atoms with E-state index in [0.29, 0.717) is 0 Å². The molecule has 0 fully saturated rings. The van der Waals surface area contributed by atoms with Gasteiger partial charge in [0.1, 0.15) is 0 Å². The molecule has 0 radical (unpaired) electrons. The van der Waals surface area contributed by atoms with Crippen molar-refractivity contribution >= 4 is 0 Å². The van der Waals surface area contributed by atoms with Gasteiger partial charge in [0.2, 0.25) is 0 Å². The van der Waals surface area contributed by atoms with Crippen LogP contribution in [0.3, 0.4) is 0 Å². The third kappa shape index (κ3) is 7.02. The molecule has 2 nitrogen and oxygen atoms in total. The Morgan fingerprint density at radius 1 is 1.31 bits per heavy atom. The molecule has 0 aromatic heterocycles. The van der Waals surface area contributed by atoms with Gasteiger partial charge in [0.05, 0.1) is 6.61 Å². The molecular formula is C14H27NO. The second-order valence-corrected chi connectivity index (χ2v) is 5.05. The van der Waals surface area contributed by atoms with Gasteiger partial charge < -0.3 is 10.1 Å². The van der Waals surface area contributed by atoms with E-state index in [1.54, 1.807) is 5.57 Å². The molecule has 0 saturated carbocycles. The smallest absolute Gasteiger partial charge is 0.0590 e. The topological polar surface area (TPSA) is 21.3 Å². The zero-order valence-electron chi connectivity index (χ0n) is 10.9. The molecule has 0 amide bonds. The Balaban J connectivity index is 1.78. The molecule has 1 aliphatic rings. The van der Waals surface area contributed by atoms with Crippen LogP contribution in [0.25, 0.3) is 0 Å². The maximum Gasteiger partial charge on any atom is 0.0590 e. The summed E-state index contributed by atoms with van der Waals surface area (Å²) in [4.78, 5) is 0. The Labute approximate surface area is 100 Å². The van der Waals surface area contributed by atoms with Crippen LogP contribution in [-0.2, 0) is 4.74 Å². The van der Waals surface area contributed by atoms with Crippen molar-refractivity contribution in [3.63, 3.8) is 0 Å². The van der Waals surface area contributed by atoms with E-state index >= 15 is 0 Å². The minimum absolute atomic E-state index is 0.752. The summed E-state index contributed by atoms with van der Waals surface area (Å²) >= 11 is 0. The third-order valence-corrected chi connectivity index (χ3v) is 3.02. The molecule has 1 rings (SSSR count). The second-order valence-electron chi connectivity index (χ2n) is 5.05. The molecule has 0 saturated heterocycles. The van der Waals surface area contributed by atoms with E-state index in [1.807, 2.05) is 0 Å². The predicted octanol–water partition coefficient (Wildman–Crippen LogP) is 3.14. The standard InChI is InChI=1S/C14H27NO/c1-13(2)8-11-16-12-10-15-9-7-14-5-3-4-6-14/h5,13,15H,3-4,6-12H2,1-2H3. The summed E-state index contributed by atoms with van der Waals surface area (Å²) in [5.74, 6) is 0.752. The summed E-state index contributed by atoms with van der Waals surface area (Å²) < 4.78 is 5.54. The van der Waals surface area contributed by atoms with Gasteiger partial charge in [0.15, 0.2) is 0 Å². The van der Waals surface area contributed by atoms with Crippen LogP contribution in [0.2, 0.25) is 0 Å². The Morgan fingerprint density at radius 3 is 2.88 bits per heavy atom. The molecule has 2 heteroatoms. The van der Waals surface area contributed by atoms with Gasteiger partial charge in [-0.15, -0.1) is 0 Å². The predicted molar refractivity (Wildman–Crippen MR) is 69.7 cm³/mol. The number of hydrogen-bond donors (Lipinski definition) is 1. The normalized spacial score (nSPS) is 15.8. The van der Waals surface area contributed by atoms with Gasteiger partial charge >= 0.3 is 0 Å². The van der Waals surface area contributed by atoms with Gasteiger partial charge in [-0.3, -0.25) is 0 Å². The van der Waals surface area contributed by atoms with Gasteiger partial charge in [-0.25, -0.2) is 0 Å². The lowest BCUT2D eigenvalue weighted by Gasteiger charge is -2.08. The van der Waals surface area contributed by atoms with Crippen LogP contribution in [0, 0.1) is 5.92 Å². The number of allylic oxidation sites excluding steroid dienone is 1. The largest absolute Gasteiger partial charge is 0.380 e. The van der Waals surface area contributed by atoms with Crippen LogP contribution >= 0.6 is 0 Å². The summed E-state index contributed by atoms with van der Waals surface area (Å²) in [5.41, 5.74) is 1.65. The monoisotopic (exact) mass is 225 g/mol. The molecule has 94 valence electrons. The van der Waals surface area contributed by atoms with Crippen molar-refractivity contribution < 1.29 is 4.74 Å². The van der Waals surface area contributed by atoms with Crippen molar-refractivity contribution in [1.82, 2.24) is 5.32 Å². The minimum atomic E-state index is 0.752. The first-order valence-corrected chi connectivity index (χ1v) is 6.75. The molecule has 16 heavy (non-hydrogen) atoms. The van der Waals surface area contributed by atoms with Crippen LogP contribution < -0.4 is 5.32 Å². The molecule has 1 aliphatic carbocycles. The maximum absolute atomic E-state index is 5.54. The van der Waals surface area contributed by atoms with E-state index in [1.165, 1.54) is 32.1 Å². The van der Waals surface area contributed by atoms with Crippen molar-refractivity contribution in [2.24, 2.45) is 5.92 Å². The first kappa shape index (κ1) is 13.7. The van der Waals surface area contributed by atoms with Crippen LogP contribution in [0.4, 0.5) is 0 Å². The molecule has 0 spiro atoms. The molecule has 0 aromatic rings. The number of rotatable bonds is 9. The van der Waals surface area contributed by atoms with Gasteiger partial charge in [-0.1, -0.05) is 25.5 Å². The first-order valence-electron chi connectivity index (χ1n) is 6.75. The Hall–Kier alpha value is -0.340. The van der Waals surface area contributed by atoms with Crippen LogP contribution in [0.15, 0.2) is 11.6 Å². The van der Waals surface area contributed by atoms with E-state index in [2.05, 4.69) is 25.2 Å². The lowest BCUT2D eigenvalue weighted by Crippen LogP contribution is -2.21. The van der Waals surface area contributed by atoms with Crippen molar-refractivity contribution in [3.8, 4) is 0 Å². The average Bonchev–Trinajstić information content (AvgIpc) is 2.74. The highest BCUT2D eigenvalue weighted by atomic mass is 16.5. The molecule has 0 aromatic carbocycles. The summed E-state index contributed by atoms with van der Waals surface area (Å²) in [7, 11) is 0. The van der Waals surface area contributed by atoms with Crippen LogP contribution in [0.5, 0.6) is 0 Å². The zero-order chi connectivity index (χ0) is 11.6. The van der Waals surface area contributed by atoms with E-state index in [-0.39, 0.29) is 0 Å². The Bertz CT molecular complexity index is 199. The number of hydrogen-bond acceptors (Lipinski definition) is 2. The van der Waals surface area contributed by atoms with Gasteiger partial charge in [0.25, 0.3) is 0 Å². The van der Waals surface area contributed by atoms with E-state index < -0.39 is 0 Å². The van der Waals surface area contributed by atoms with Crippen LogP contribution in [0.1, 0.15) is 46.0 Å². The van der Waals surface area contributed by atoms with Crippen molar-refractivity contribution in [1.29, 1.82) is 0 Å². The lowest BCUT2D eigenvalue weighted by atomic mass is 10.1. The number of nitrogens with one attached hydrogen (secondary N) is 1. The average molecular weight is 225 g/mol. The SMILES string of the molecule is CC(C)CCOCCNCCC1=CCCC1. The minimum Gasteiger partial charge on any atom is -0.380 e. The fourth-order valence-electron chi connectivity index (χ4n) is 1.90. The van der Waals surface area contributed by atoms with Gasteiger partial charge in [-0.05, 0) is 44.6 Å². The zero-order valence-corrected chi connectivity index (χ0v) is 10.9. The summed E-state index contributed by atoms with van der Waals surface area (Å²) in [5, 5.41) is 3.43. The molecule has 0 bridgehead atoms. The summed E-state index contributed by atoms with van der Waals surface area (Å²) in [6.07, 6.45) is 8.80. The van der Waals surface area contributed by atoms with E-state index in [9.17, 15) is 0 Å². The molecule has 0 heterocycles. The highest BCUT2D eigenvalue weighted by Crippen LogP contribution is 2.19. The maximum atomic E-state index is 5.54.